The Morgan fingerprint density at radius 2 is 1.77 bits per heavy atom. The molecule has 10 atom stereocenters. The number of nitrogens with one attached hydrogen (secondary N) is 1. The van der Waals surface area contributed by atoms with Crippen LogP contribution in [0.15, 0.2) is 60.8 Å². The van der Waals surface area contributed by atoms with Gasteiger partial charge in [0, 0.05) is 23.4 Å². The molecular formula is C35H46N2O11. The zero-order valence-electron chi connectivity index (χ0n) is 27.2. The number of carbonyl (C=O) groups is 1. The summed E-state index contributed by atoms with van der Waals surface area (Å²) in [5.74, 6) is -0.317. The van der Waals surface area contributed by atoms with Gasteiger partial charge in [0.25, 0.3) is 0 Å². The number of allylic oxidation sites excluding steroid dienone is 3. The molecule has 7 aliphatic heterocycles. The molecule has 6 fully saturated rings. The van der Waals surface area contributed by atoms with Crippen LogP contribution in [0.1, 0.15) is 32.3 Å². The Hall–Kier alpha value is -2.95. The van der Waals surface area contributed by atoms with E-state index < -0.39 is 79.9 Å². The first-order valence-electron chi connectivity index (χ1n) is 16.5. The third kappa shape index (κ3) is 6.40. The number of rotatable bonds is 8. The van der Waals surface area contributed by atoms with Gasteiger partial charge < -0.3 is 59.4 Å². The van der Waals surface area contributed by atoms with E-state index in [4.69, 9.17) is 23.7 Å². The van der Waals surface area contributed by atoms with Gasteiger partial charge >= 0.3 is 0 Å². The van der Waals surface area contributed by atoms with Gasteiger partial charge in [-0.3, -0.25) is 4.79 Å². The second-order valence-electron chi connectivity index (χ2n) is 13.2. The lowest BCUT2D eigenvalue weighted by molar-refractivity contribution is -0.344. The third-order valence-corrected chi connectivity index (χ3v) is 9.87. The number of aliphatic hydroxyl groups is 5. The highest BCUT2D eigenvalue weighted by molar-refractivity contribution is 5.96. The van der Waals surface area contributed by atoms with Gasteiger partial charge in [0.1, 0.15) is 62.1 Å². The summed E-state index contributed by atoms with van der Waals surface area (Å²) in [5, 5.41) is 58.0. The number of benzene rings is 2. The summed E-state index contributed by atoms with van der Waals surface area (Å²) in [7, 11) is 0. The standard InChI is InChI=1S/C35H46N2O11/c1-4-8-25-35(2,3)27-20-10-6-5-9-19(20)12-13-21(27)37(25)15-26(40)36-18-45-31-22-11-7-14-44-32-23(16-38)47-34(29(42)28(32)41)48-33(30(31)43)24(17-39)46-22/h4-6,8-10,12-13,22-24,28-34,38-39,41-43H,1,7,11,14-18H2,2-3H3,(H,36,40)/b25-8+/t22-,23-,24-,28-,29-,30-,31+,32-,33?,34-/m1/s1. The topological polar surface area (TPSA) is 180 Å². The summed E-state index contributed by atoms with van der Waals surface area (Å²) in [6, 6.07) is 12.2. The van der Waals surface area contributed by atoms with E-state index in [0.29, 0.717) is 12.8 Å². The van der Waals surface area contributed by atoms with E-state index in [1.54, 1.807) is 6.08 Å². The molecule has 0 aliphatic carbocycles. The third-order valence-electron chi connectivity index (χ3n) is 9.87. The number of hydrogen-bond acceptors (Lipinski definition) is 12. The van der Waals surface area contributed by atoms with Gasteiger partial charge in [-0.15, -0.1) is 0 Å². The lowest BCUT2D eigenvalue weighted by Crippen LogP contribution is -2.65. The Kier molecular flexibility index (Phi) is 10.5. The number of fused-ring (bicyclic) bond motifs is 3. The van der Waals surface area contributed by atoms with Crippen molar-refractivity contribution in [3.8, 4) is 0 Å². The van der Waals surface area contributed by atoms with Crippen molar-refractivity contribution in [2.75, 3.05) is 38.0 Å². The molecule has 1 amide bonds. The van der Waals surface area contributed by atoms with E-state index in [-0.39, 0.29) is 25.8 Å². The van der Waals surface area contributed by atoms with Crippen molar-refractivity contribution in [3.63, 3.8) is 0 Å². The molecule has 0 radical (unpaired) electrons. The molecule has 262 valence electrons. The van der Waals surface area contributed by atoms with Gasteiger partial charge in [0.05, 0.1) is 19.3 Å². The number of aliphatic hydroxyl groups excluding tert-OH is 5. The van der Waals surface area contributed by atoms with Crippen LogP contribution in [0.4, 0.5) is 5.69 Å². The number of anilines is 1. The molecule has 2 aromatic carbocycles. The van der Waals surface area contributed by atoms with Crippen LogP contribution < -0.4 is 10.2 Å². The van der Waals surface area contributed by atoms with Crippen LogP contribution in [-0.4, -0.2) is 126 Å². The molecule has 48 heavy (non-hydrogen) atoms. The maximum atomic E-state index is 13.4. The Labute approximate surface area is 279 Å². The van der Waals surface area contributed by atoms with E-state index in [1.165, 1.54) is 0 Å². The Bertz CT molecular complexity index is 1500. The van der Waals surface area contributed by atoms with Gasteiger partial charge in [-0.05, 0) is 41.3 Å². The smallest absolute Gasteiger partial charge is 0.241 e. The maximum absolute atomic E-state index is 13.4. The van der Waals surface area contributed by atoms with Crippen LogP contribution in [-0.2, 0) is 33.9 Å². The monoisotopic (exact) mass is 670 g/mol. The second kappa shape index (κ2) is 14.5. The number of hydrogen-bond donors (Lipinski definition) is 6. The van der Waals surface area contributed by atoms with Gasteiger partial charge in [0.15, 0.2) is 6.29 Å². The Morgan fingerprint density at radius 3 is 2.52 bits per heavy atom. The van der Waals surface area contributed by atoms with Crippen molar-refractivity contribution in [2.45, 2.75) is 93.3 Å². The molecule has 7 heterocycles. The summed E-state index contributed by atoms with van der Waals surface area (Å²) in [5.41, 5.74) is 2.59. The molecule has 6 saturated heterocycles. The Morgan fingerprint density at radius 1 is 1.02 bits per heavy atom. The highest BCUT2D eigenvalue weighted by Crippen LogP contribution is 2.50. The molecule has 13 heteroatoms. The molecule has 4 bridgehead atoms. The molecule has 0 spiro atoms. The fourth-order valence-electron chi connectivity index (χ4n) is 7.52. The van der Waals surface area contributed by atoms with Crippen molar-refractivity contribution >= 4 is 22.4 Å². The molecule has 7 aliphatic rings. The predicted molar refractivity (Wildman–Crippen MR) is 174 cm³/mol. The first-order valence-corrected chi connectivity index (χ1v) is 16.5. The molecule has 13 nitrogen and oxygen atoms in total. The van der Waals surface area contributed by atoms with E-state index in [9.17, 15) is 30.3 Å². The van der Waals surface area contributed by atoms with Crippen molar-refractivity contribution in [2.24, 2.45) is 0 Å². The average molecular weight is 671 g/mol. The molecule has 1 unspecified atom stereocenters. The number of amides is 1. The lowest BCUT2D eigenvalue weighted by atomic mass is 9.81. The van der Waals surface area contributed by atoms with Crippen LogP contribution in [0.3, 0.4) is 0 Å². The normalized spacial score (nSPS) is 35.6. The predicted octanol–water partition coefficient (Wildman–Crippen LogP) is 0.590. The summed E-state index contributed by atoms with van der Waals surface area (Å²) in [6.07, 6.45) is -7.41. The minimum absolute atomic E-state index is 0.00698. The van der Waals surface area contributed by atoms with Crippen LogP contribution in [0.25, 0.3) is 10.8 Å². The first-order chi connectivity index (χ1) is 23.1. The van der Waals surface area contributed by atoms with Crippen molar-refractivity contribution in [1.29, 1.82) is 0 Å². The second-order valence-corrected chi connectivity index (χ2v) is 13.2. The van der Waals surface area contributed by atoms with Gasteiger partial charge in [-0.25, -0.2) is 0 Å². The van der Waals surface area contributed by atoms with Gasteiger partial charge in [-0.1, -0.05) is 56.8 Å². The van der Waals surface area contributed by atoms with Crippen LogP contribution in [0, 0.1) is 0 Å². The highest BCUT2D eigenvalue weighted by Gasteiger charge is 2.52. The minimum atomic E-state index is -1.57. The number of ether oxygens (including phenoxy) is 5. The molecule has 6 N–H and O–H groups in total. The maximum Gasteiger partial charge on any atom is 0.241 e. The number of carbonyl (C=O) groups excluding carboxylic acids is 1. The Balaban J connectivity index is 1.17. The SMILES string of the molecule is C=C/C=C1/N(CC(=O)NCO[C@H]2[C@H]3CCCO[C@H]4[C@H](O)[C@@H](O)[C@@H](OC([C@@H](CO)O3)[C@@H]2O)O[C@@H]4CO)c2ccc3ccccc3c2C1(C)C. The van der Waals surface area contributed by atoms with Crippen molar-refractivity contribution < 1.29 is 54.0 Å². The van der Waals surface area contributed by atoms with E-state index in [2.05, 4.69) is 37.9 Å². The highest BCUT2D eigenvalue weighted by atomic mass is 16.7. The summed E-state index contributed by atoms with van der Waals surface area (Å²) >= 11 is 0. The fraction of sp³-hybridized carbons (Fsp3) is 0.571. The summed E-state index contributed by atoms with van der Waals surface area (Å²) < 4.78 is 29.6. The molecule has 9 rings (SSSR count). The van der Waals surface area contributed by atoms with Gasteiger partial charge in [-0.2, -0.15) is 0 Å². The van der Waals surface area contributed by atoms with Gasteiger partial charge in [0.2, 0.25) is 5.91 Å². The van der Waals surface area contributed by atoms with Crippen molar-refractivity contribution in [1.82, 2.24) is 5.32 Å². The average Bonchev–Trinajstić information content (AvgIpc) is 3.30. The van der Waals surface area contributed by atoms with E-state index in [1.807, 2.05) is 35.2 Å². The quantitative estimate of drug-likeness (QED) is 0.216. The lowest BCUT2D eigenvalue weighted by Gasteiger charge is -2.47. The van der Waals surface area contributed by atoms with Crippen LogP contribution in [0.2, 0.25) is 0 Å². The molecule has 0 aromatic heterocycles. The molecule has 2 aromatic rings. The fourth-order valence-corrected chi connectivity index (χ4v) is 7.52. The van der Waals surface area contributed by atoms with E-state index >= 15 is 0 Å². The van der Waals surface area contributed by atoms with Crippen LogP contribution >= 0.6 is 0 Å². The summed E-state index contributed by atoms with van der Waals surface area (Å²) in [4.78, 5) is 15.4. The largest absolute Gasteiger partial charge is 0.394 e. The molecule has 0 saturated carbocycles. The first kappa shape index (κ1) is 34.9. The zero-order chi connectivity index (χ0) is 34.2. The summed E-state index contributed by atoms with van der Waals surface area (Å²) in [6.45, 7) is 7.01. The minimum Gasteiger partial charge on any atom is -0.394 e. The van der Waals surface area contributed by atoms with Crippen LogP contribution in [0.5, 0.6) is 0 Å². The van der Waals surface area contributed by atoms with E-state index in [0.717, 1.165) is 27.7 Å². The van der Waals surface area contributed by atoms with Crippen molar-refractivity contribution in [3.05, 3.63) is 66.4 Å². The molecular weight excluding hydrogens is 624 g/mol. The zero-order valence-corrected chi connectivity index (χ0v) is 27.2. The number of nitrogens with zero attached hydrogens (tertiary/aromatic N) is 1.